The van der Waals surface area contributed by atoms with Crippen molar-refractivity contribution < 1.29 is 9.94 Å². The lowest BCUT2D eigenvalue weighted by Gasteiger charge is -2.08. The molecule has 1 aromatic carbocycles. The fourth-order valence-corrected chi connectivity index (χ4v) is 2.06. The van der Waals surface area contributed by atoms with Gasteiger partial charge < -0.3 is 15.7 Å². The van der Waals surface area contributed by atoms with Crippen molar-refractivity contribution in [1.29, 1.82) is 0 Å². The average molecular weight is 322 g/mol. The SMILES string of the molecule is Cc1ccc(Oc2cc(/C(N)=N/O)ccn2)c(Br)c1. The Kier molecular flexibility index (Phi) is 4.01. The maximum atomic E-state index is 8.64. The van der Waals surface area contributed by atoms with Gasteiger partial charge in [-0.15, -0.1) is 0 Å². The smallest absolute Gasteiger partial charge is 0.219 e. The van der Waals surface area contributed by atoms with E-state index in [-0.39, 0.29) is 5.84 Å². The highest BCUT2D eigenvalue weighted by Crippen LogP contribution is 2.29. The molecule has 98 valence electrons. The van der Waals surface area contributed by atoms with Gasteiger partial charge in [0.1, 0.15) is 5.75 Å². The van der Waals surface area contributed by atoms with E-state index in [1.807, 2.05) is 25.1 Å². The fourth-order valence-electron chi connectivity index (χ4n) is 1.48. The standard InChI is InChI=1S/C13H12BrN3O2/c1-8-2-3-11(10(14)6-8)19-12-7-9(4-5-16-12)13(15)17-18/h2-7,18H,1H3,(H2,15,17). The molecule has 5 nitrogen and oxygen atoms in total. The first-order chi connectivity index (χ1) is 9.10. The third kappa shape index (κ3) is 3.23. The molecule has 0 spiro atoms. The monoisotopic (exact) mass is 321 g/mol. The molecule has 0 amide bonds. The highest BCUT2D eigenvalue weighted by atomic mass is 79.9. The minimum Gasteiger partial charge on any atom is -0.438 e. The molecule has 1 aromatic heterocycles. The number of pyridine rings is 1. The number of hydrogen-bond donors (Lipinski definition) is 2. The third-order valence-corrected chi connectivity index (χ3v) is 3.06. The molecule has 0 bridgehead atoms. The van der Waals surface area contributed by atoms with Crippen LogP contribution in [0.4, 0.5) is 0 Å². The van der Waals surface area contributed by atoms with Crippen LogP contribution >= 0.6 is 15.9 Å². The summed E-state index contributed by atoms with van der Waals surface area (Å²) in [6, 6.07) is 8.96. The van der Waals surface area contributed by atoms with Crippen LogP contribution in [-0.2, 0) is 0 Å². The molecule has 0 aliphatic heterocycles. The molecule has 2 rings (SSSR count). The van der Waals surface area contributed by atoms with Crippen LogP contribution in [0.15, 0.2) is 46.2 Å². The average Bonchev–Trinajstić information content (AvgIpc) is 2.41. The molecular formula is C13H12BrN3O2. The predicted octanol–water partition coefficient (Wildman–Crippen LogP) is 3.04. The van der Waals surface area contributed by atoms with E-state index in [1.165, 1.54) is 6.20 Å². The van der Waals surface area contributed by atoms with Gasteiger partial charge in [-0.25, -0.2) is 4.98 Å². The summed E-state index contributed by atoms with van der Waals surface area (Å²) >= 11 is 3.42. The number of nitrogens with zero attached hydrogens (tertiary/aromatic N) is 2. The van der Waals surface area contributed by atoms with E-state index < -0.39 is 0 Å². The maximum Gasteiger partial charge on any atom is 0.219 e. The Hall–Kier alpha value is -2.08. The molecule has 0 unspecified atom stereocenters. The van der Waals surface area contributed by atoms with Crippen molar-refractivity contribution in [3.63, 3.8) is 0 Å². The van der Waals surface area contributed by atoms with Crippen LogP contribution in [0, 0.1) is 6.92 Å². The Bertz CT molecular complexity index is 629. The van der Waals surface area contributed by atoms with E-state index >= 15 is 0 Å². The summed E-state index contributed by atoms with van der Waals surface area (Å²) in [6.45, 7) is 1.99. The van der Waals surface area contributed by atoms with Gasteiger partial charge in [0.2, 0.25) is 5.88 Å². The number of aromatic nitrogens is 1. The Morgan fingerprint density at radius 3 is 2.84 bits per heavy atom. The fraction of sp³-hybridized carbons (Fsp3) is 0.0769. The maximum absolute atomic E-state index is 8.64. The molecule has 0 atom stereocenters. The topological polar surface area (TPSA) is 80.7 Å². The van der Waals surface area contributed by atoms with Crippen LogP contribution in [-0.4, -0.2) is 16.0 Å². The molecule has 0 saturated carbocycles. The molecule has 3 N–H and O–H groups in total. The Morgan fingerprint density at radius 2 is 2.16 bits per heavy atom. The zero-order chi connectivity index (χ0) is 13.8. The van der Waals surface area contributed by atoms with E-state index in [1.54, 1.807) is 12.1 Å². The Balaban J connectivity index is 2.28. The summed E-state index contributed by atoms with van der Waals surface area (Å²) in [5, 5.41) is 11.6. The van der Waals surface area contributed by atoms with Crippen LogP contribution in [0.1, 0.15) is 11.1 Å². The number of benzene rings is 1. The molecule has 0 aliphatic rings. The zero-order valence-corrected chi connectivity index (χ0v) is 11.8. The van der Waals surface area contributed by atoms with Gasteiger partial charge in [0.15, 0.2) is 5.84 Å². The number of halogens is 1. The molecular weight excluding hydrogens is 310 g/mol. The highest BCUT2D eigenvalue weighted by molar-refractivity contribution is 9.10. The van der Waals surface area contributed by atoms with Crippen molar-refractivity contribution in [2.75, 3.05) is 0 Å². The van der Waals surface area contributed by atoms with Crippen molar-refractivity contribution in [2.24, 2.45) is 10.9 Å². The molecule has 0 aliphatic carbocycles. The molecule has 1 heterocycles. The van der Waals surface area contributed by atoms with Gasteiger partial charge in [-0.2, -0.15) is 0 Å². The van der Waals surface area contributed by atoms with Crippen LogP contribution in [0.25, 0.3) is 0 Å². The normalized spacial score (nSPS) is 11.4. The van der Waals surface area contributed by atoms with Gasteiger partial charge in [-0.1, -0.05) is 11.2 Å². The molecule has 0 radical (unpaired) electrons. The predicted molar refractivity (Wildman–Crippen MR) is 75.7 cm³/mol. The lowest BCUT2D eigenvalue weighted by Crippen LogP contribution is -2.13. The first kappa shape index (κ1) is 13.4. The van der Waals surface area contributed by atoms with E-state index in [9.17, 15) is 0 Å². The van der Waals surface area contributed by atoms with Crippen molar-refractivity contribution in [1.82, 2.24) is 4.98 Å². The zero-order valence-electron chi connectivity index (χ0n) is 10.2. The third-order valence-electron chi connectivity index (χ3n) is 2.44. The van der Waals surface area contributed by atoms with Crippen molar-refractivity contribution >= 4 is 21.8 Å². The summed E-state index contributed by atoms with van der Waals surface area (Å²) in [6.07, 6.45) is 1.53. The summed E-state index contributed by atoms with van der Waals surface area (Å²) < 4.78 is 6.49. The van der Waals surface area contributed by atoms with E-state index in [0.29, 0.717) is 17.2 Å². The largest absolute Gasteiger partial charge is 0.438 e. The molecule has 2 aromatic rings. The van der Waals surface area contributed by atoms with Gasteiger partial charge in [-0.05, 0) is 46.6 Å². The lowest BCUT2D eigenvalue weighted by molar-refractivity contribution is 0.318. The van der Waals surface area contributed by atoms with Crippen LogP contribution in [0.5, 0.6) is 11.6 Å². The first-order valence-electron chi connectivity index (χ1n) is 5.48. The van der Waals surface area contributed by atoms with Gasteiger partial charge >= 0.3 is 0 Å². The second-order valence-electron chi connectivity index (χ2n) is 3.90. The molecule has 6 heteroatoms. The van der Waals surface area contributed by atoms with Gasteiger partial charge in [0.25, 0.3) is 0 Å². The van der Waals surface area contributed by atoms with Crippen molar-refractivity contribution in [3.05, 3.63) is 52.1 Å². The number of hydrogen-bond acceptors (Lipinski definition) is 4. The van der Waals surface area contributed by atoms with Crippen molar-refractivity contribution in [3.8, 4) is 11.6 Å². The quantitative estimate of drug-likeness (QED) is 0.394. The lowest BCUT2D eigenvalue weighted by atomic mass is 10.2. The minimum atomic E-state index is 0.00946. The van der Waals surface area contributed by atoms with Crippen LogP contribution in [0.3, 0.4) is 0 Å². The summed E-state index contributed by atoms with van der Waals surface area (Å²) in [5.74, 6) is 1.03. The van der Waals surface area contributed by atoms with Crippen LogP contribution in [0.2, 0.25) is 0 Å². The Morgan fingerprint density at radius 1 is 1.37 bits per heavy atom. The van der Waals surface area contributed by atoms with Crippen molar-refractivity contribution in [2.45, 2.75) is 6.92 Å². The second kappa shape index (κ2) is 5.71. The first-order valence-corrected chi connectivity index (χ1v) is 6.27. The van der Waals surface area contributed by atoms with Gasteiger partial charge in [-0.3, -0.25) is 0 Å². The molecule has 19 heavy (non-hydrogen) atoms. The van der Waals surface area contributed by atoms with Crippen LogP contribution < -0.4 is 10.5 Å². The Labute approximate surface area is 118 Å². The highest BCUT2D eigenvalue weighted by Gasteiger charge is 2.06. The van der Waals surface area contributed by atoms with Gasteiger partial charge in [0, 0.05) is 17.8 Å². The number of ether oxygens (including phenoxy) is 1. The van der Waals surface area contributed by atoms with E-state index in [4.69, 9.17) is 15.7 Å². The minimum absolute atomic E-state index is 0.00946. The summed E-state index contributed by atoms with van der Waals surface area (Å²) in [7, 11) is 0. The van der Waals surface area contributed by atoms with Gasteiger partial charge in [0.05, 0.1) is 4.47 Å². The second-order valence-corrected chi connectivity index (χ2v) is 4.76. The molecule has 0 fully saturated rings. The number of nitrogens with two attached hydrogens (primary N) is 1. The summed E-state index contributed by atoms with van der Waals surface area (Å²) in [4.78, 5) is 4.08. The van der Waals surface area contributed by atoms with E-state index in [2.05, 4.69) is 26.1 Å². The number of amidine groups is 1. The number of aryl methyl sites for hydroxylation is 1. The number of oxime groups is 1. The number of rotatable bonds is 3. The van der Waals surface area contributed by atoms with E-state index in [0.717, 1.165) is 10.0 Å². The molecule has 0 saturated heterocycles. The summed E-state index contributed by atoms with van der Waals surface area (Å²) in [5.41, 5.74) is 7.17.